The molecule has 0 bridgehead atoms. The third-order valence-electron chi connectivity index (χ3n) is 3.02. The van der Waals surface area contributed by atoms with E-state index in [4.69, 9.17) is 4.74 Å². The Labute approximate surface area is 145 Å². The number of nitrogens with zero attached hydrogens (tertiary/aromatic N) is 1. The molecule has 0 aliphatic heterocycles. The number of benzene rings is 2. The summed E-state index contributed by atoms with van der Waals surface area (Å²) in [5.74, 6) is -0.898. The second-order valence-corrected chi connectivity index (χ2v) is 5.55. The van der Waals surface area contributed by atoms with E-state index in [9.17, 15) is 19.3 Å². The molecule has 2 aromatic carbocycles. The molecule has 2 aromatic rings. The first kappa shape index (κ1) is 17.6. The van der Waals surface area contributed by atoms with Crippen LogP contribution in [0.3, 0.4) is 0 Å². The highest BCUT2D eigenvalue weighted by molar-refractivity contribution is 9.10. The zero-order valence-electron chi connectivity index (χ0n) is 12.5. The molecule has 0 fully saturated rings. The molecule has 8 heteroatoms. The SMILES string of the molecule is COc1ccc(Br)cc1C=CC(=O)Nc1ccc(F)c([N+](=O)[O-])c1. The fourth-order valence-corrected chi connectivity index (χ4v) is 2.29. The number of hydrogen-bond donors (Lipinski definition) is 1. The maximum Gasteiger partial charge on any atom is 0.306 e. The molecule has 0 aliphatic rings. The number of carbonyl (C=O) groups is 1. The van der Waals surface area contributed by atoms with Gasteiger partial charge in [0.05, 0.1) is 12.0 Å². The lowest BCUT2D eigenvalue weighted by atomic mass is 10.2. The van der Waals surface area contributed by atoms with Gasteiger partial charge in [-0.05, 0) is 36.4 Å². The molecule has 2 rings (SSSR count). The van der Waals surface area contributed by atoms with E-state index in [-0.39, 0.29) is 5.69 Å². The number of carbonyl (C=O) groups excluding carboxylic acids is 1. The number of hydrogen-bond acceptors (Lipinski definition) is 4. The van der Waals surface area contributed by atoms with Crippen molar-refractivity contribution in [1.82, 2.24) is 0 Å². The van der Waals surface area contributed by atoms with E-state index in [0.717, 1.165) is 16.6 Å². The zero-order valence-corrected chi connectivity index (χ0v) is 14.0. The molecule has 0 aliphatic carbocycles. The fraction of sp³-hybridized carbons (Fsp3) is 0.0625. The summed E-state index contributed by atoms with van der Waals surface area (Å²) < 4.78 is 19.3. The van der Waals surface area contributed by atoms with Crippen LogP contribution in [0.25, 0.3) is 6.08 Å². The number of anilines is 1. The van der Waals surface area contributed by atoms with Crippen molar-refractivity contribution in [2.45, 2.75) is 0 Å². The quantitative estimate of drug-likeness (QED) is 0.468. The Morgan fingerprint density at radius 3 is 2.75 bits per heavy atom. The van der Waals surface area contributed by atoms with Gasteiger partial charge in [-0.2, -0.15) is 4.39 Å². The molecule has 6 nitrogen and oxygen atoms in total. The number of nitrogens with one attached hydrogen (secondary N) is 1. The smallest absolute Gasteiger partial charge is 0.306 e. The van der Waals surface area contributed by atoms with Crippen LogP contribution >= 0.6 is 15.9 Å². The van der Waals surface area contributed by atoms with Gasteiger partial charge in [-0.3, -0.25) is 14.9 Å². The van der Waals surface area contributed by atoms with E-state index in [0.29, 0.717) is 11.3 Å². The lowest BCUT2D eigenvalue weighted by Gasteiger charge is -2.05. The molecule has 24 heavy (non-hydrogen) atoms. The van der Waals surface area contributed by atoms with Gasteiger partial charge in [-0.25, -0.2) is 0 Å². The molecular weight excluding hydrogens is 383 g/mol. The molecular formula is C16H12BrFN2O4. The number of nitro groups is 1. The molecule has 1 amide bonds. The normalized spacial score (nSPS) is 10.6. The summed E-state index contributed by atoms with van der Waals surface area (Å²) in [7, 11) is 1.51. The van der Waals surface area contributed by atoms with E-state index in [1.54, 1.807) is 18.2 Å². The number of rotatable bonds is 5. The maximum atomic E-state index is 13.3. The summed E-state index contributed by atoms with van der Waals surface area (Å²) in [5, 5.41) is 13.1. The van der Waals surface area contributed by atoms with Crippen LogP contribution < -0.4 is 10.1 Å². The Bertz CT molecular complexity index is 824. The van der Waals surface area contributed by atoms with Crippen molar-refractivity contribution in [1.29, 1.82) is 0 Å². The summed E-state index contributed by atoms with van der Waals surface area (Å²) in [6.07, 6.45) is 2.79. The van der Waals surface area contributed by atoms with Crippen LogP contribution in [0.5, 0.6) is 5.75 Å². The van der Waals surface area contributed by atoms with E-state index >= 15 is 0 Å². The first-order valence-corrected chi connectivity index (χ1v) is 7.46. The summed E-state index contributed by atoms with van der Waals surface area (Å²) in [4.78, 5) is 21.8. The highest BCUT2D eigenvalue weighted by Crippen LogP contribution is 2.24. The van der Waals surface area contributed by atoms with Gasteiger partial charge in [-0.1, -0.05) is 15.9 Å². The minimum Gasteiger partial charge on any atom is -0.496 e. The van der Waals surface area contributed by atoms with Gasteiger partial charge in [0, 0.05) is 27.9 Å². The summed E-state index contributed by atoms with van der Waals surface area (Å²) >= 11 is 3.33. The van der Waals surface area contributed by atoms with Crippen molar-refractivity contribution in [3.8, 4) is 5.75 Å². The highest BCUT2D eigenvalue weighted by Gasteiger charge is 2.14. The van der Waals surface area contributed by atoms with E-state index in [1.165, 1.54) is 25.3 Å². The minimum atomic E-state index is -0.965. The predicted octanol–water partition coefficient (Wildman–Crippen LogP) is 4.16. The standard InChI is InChI=1S/C16H12BrFN2O4/c1-24-15-6-3-11(17)8-10(15)2-7-16(21)19-12-4-5-13(18)14(9-12)20(22)23/h2-9H,1H3,(H,19,21). The molecule has 0 aromatic heterocycles. The van der Waals surface area contributed by atoms with Crippen molar-refractivity contribution in [2.24, 2.45) is 0 Å². The maximum absolute atomic E-state index is 13.3. The Hall–Kier alpha value is -2.74. The minimum absolute atomic E-state index is 0.124. The molecule has 0 spiro atoms. The van der Waals surface area contributed by atoms with Crippen molar-refractivity contribution in [3.63, 3.8) is 0 Å². The molecule has 0 atom stereocenters. The Morgan fingerprint density at radius 2 is 2.08 bits per heavy atom. The fourth-order valence-electron chi connectivity index (χ4n) is 1.92. The van der Waals surface area contributed by atoms with E-state index in [1.807, 2.05) is 0 Å². The van der Waals surface area contributed by atoms with Crippen molar-refractivity contribution < 1.29 is 18.8 Å². The third kappa shape index (κ3) is 4.39. The second kappa shape index (κ2) is 7.69. The van der Waals surface area contributed by atoms with Crippen LogP contribution in [0.2, 0.25) is 0 Å². The van der Waals surface area contributed by atoms with Gasteiger partial charge in [0.2, 0.25) is 11.7 Å². The Kier molecular flexibility index (Phi) is 5.64. The van der Waals surface area contributed by atoms with Crippen LogP contribution in [-0.2, 0) is 4.79 Å². The predicted molar refractivity (Wildman–Crippen MR) is 91.4 cm³/mol. The molecule has 0 radical (unpaired) electrons. The van der Waals surface area contributed by atoms with E-state index < -0.39 is 22.3 Å². The van der Waals surface area contributed by atoms with Crippen molar-refractivity contribution >= 4 is 39.3 Å². The monoisotopic (exact) mass is 394 g/mol. The van der Waals surface area contributed by atoms with Gasteiger partial charge < -0.3 is 10.1 Å². The van der Waals surface area contributed by atoms with Gasteiger partial charge in [0.15, 0.2) is 0 Å². The molecule has 0 heterocycles. The third-order valence-corrected chi connectivity index (χ3v) is 3.51. The van der Waals surface area contributed by atoms with Crippen LogP contribution in [0, 0.1) is 15.9 Å². The lowest BCUT2D eigenvalue weighted by molar-refractivity contribution is -0.387. The topological polar surface area (TPSA) is 81.5 Å². The Morgan fingerprint density at radius 1 is 1.33 bits per heavy atom. The summed E-state index contributed by atoms with van der Waals surface area (Å²) in [6, 6.07) is 8.44. The lowest BCUT2D eigenvalue weighted by Crippen LogP contribution is -2.08. The average molecular weight is 395 g/mol. The summed E-state index contributed by atoms with van der Waals surface area (Å²) in [5.41, 5.74) is 0.0940. The Balaban J connectivity index is 2.15. The number of halogens is 2. The first-order valence-electron chi connectivity index (χ1n) is 6.67. The van der Waals surface area contributed by atoms with Crippen LogP contribution in [-0.4, -0.2) is 17.9 Å². The van der Waals surface area contributed by atoms with Crippen molar-refractivity contribution in [2.75, 3.05) is 12.4 Å². The van der Waals surface area contributed by atoms with Gasteiger partial charge in [0.25, 0.3) is 0 Å². The second-order valence-electron chi connectivity index (χ2n) is 4.63. The number of amides is 1. The molecule has 124 valence electrons. The largest absolute Gasteiger partial charge is 0.496 e. The van der Waals surface area contributed by atoms with Gasteiger partial charge in [0.1, 0.15) is 5.75 Å². The molecule has 0 saturated carbocycles. The van der Waals surface area contributed by atoms with Crippen LogP contribution in [0.4, 0.5) is 15.8 Å². The van der Waals surface area contributed by atoms with Crippen molar-refractivity contribution in [3.05, 3.63) is 68.4 Å². The first-order chi connectivity index (χ1) is 11.4. The number of methoxy groups -OCH3 is 1. The molecule has 0 unspecified atom stereocenters. The molecule has 0 saturated heterocycles. The molecule has 1 N–H and O–H groups in total. The zero-order chi connectivity index (χ0) is 17.7. The summed E-state index contributed by atoms with van der Waals surface area (Å²) in [6.45, 7) is 0. The number of nitro benzene ring substituents is 1. The van der Waals surface area contributed by atoms with E-state index in [2.05, 4.69) is 21.2 Å². The number of ether oxygens (including phenoxy) is 1. The average Bonchev–Trinajstić information content (AvgIpc) is 2.54. The highest BCUT2D eigenvalue weighted by atomic mass is 79.9. The van der Waals surface area contributed by atoms with Gasteiger partial charge >= 0.3 is 5.69 Å². The van der Waals surface area contributed by atoms with Gasteiger partial charge in [-0.15, -0.1) is 0 Å². The van der Waals surface area contributed by atoms with Crippen LogP contribution in [0.15, 0.2) is 46.9 Å². The van der Waals surface area contributed by atoms with Crippen LogP contribution in [0.1, 0.15) is 5.56 Å².